The van der Waals surface area contributed by atoms with Crippen LogP contribution in [0.5, 0.6) is 5.75 Å². The van der Waals surface area contributed by atoms with E-state index in [0.717, 1.165) is 0 Å². The highest BCUT2D eigenvalue weighted by Gasteiger charge is 2.27. The minimum Gasteiger partial charge on any atom is -0.482 e. The molecule has 0 spiro atoms. The maximum atomic E-state index is 12.5. The minimum atomic E-state index is -0.901. The molecule has 2 N–H and O–H groups in total. The molecular formula is C22H22N2O6. The smallest absolute Gasteiger partial charge is 0.329 e. The fourth-order valence-electron chi connectivity index (χ4n) is 2.88. The average molecular weight is 410 g/mol. The van der Waals surface area contributed by atoms with Crippen LogP contribution in [-0.2, 0) is 14.3 Å². The molecule has 0 aliphatic carbocycles. The van der Waals surface area contributed by atoms with Gasteiger partial charge in [0.05, 0.1) is 5.69 Å². The van der Waals surface area contributed by atoms with Gasteiger partial charge in [-0.3, -0.25) is 14.4 Å². The standard InChI is InChI=1S/C22H22N2O6/c1-13(2)20(24-21(27)14-6-4-3-5-7-14)22(28)30-11-17(25)15-8-9-18-16(10-15)23-19(26)12-29-18/h3-10,13,20H,11-12H2,1-2H3,(H,23,26)(H,24,27)/t20-/m0/s1. The second-order valence-corrected chi connectivity index (χ2v) is 7.14. The minimum absolute atomic E-state index is 0.0802. The third kappa shape index (κ3) is 5.02. The Morgan fingerprint density at radius 3 is 2.53 bits per heavy atom. The highest BCUT2D eigenvalue weighted by Crippen LogP contribution is 2.28. The number of Topliss-reactive ketones (excluding diaryl/α,β-unsaturated/α-hetero) is 1. The van der Waals surface area contributed by atoms with Crippen molar-refractivity contribution < 1.29 is 28.7 Å². The first kappa shape index (κ1) is 21.0. The Morgan fingerprint density at radius 2 is 1.83 bits per heavy atom. The Morgan fingerprint density at radius 1 is 1.10 bits per heavy atom. The summed E-state index contributed by atoms with van der Waals surface area (Å²) < 4.78 is 10.4. The predicted octanol–water partition coefficient (Wildman–Crippen LogP) is 2.20. The zero-order chi connectivity index (χ0) is 21.7. The first-order valence-corrected chi connectivity index (χ1v) is 9.47. The number of esters is 1. The van der Waals surface area contributed by atoms with Gasteiger partial charge in [0.15, 0.2) is 19.0 Å². The number of rotatable bonds is 7. The summed E-state index contributed by atoms with van der Waals surface area (Å²) in [5, 5.41) is 5.27. The summed E-state index contributed by atoms with van der Waals surface area (Å²) >= 11 is 0. The summed E-state index contributed by atoms with van der Waals surface area (Å²) in [5.41, 5.74) is 1.07. The lowest BCUT2D eigenvalue weighted by molar-refractivity contribution is -0.146. The van der Waals surface area contributed by atoms with E-state index in [1.807, 2.05) is 0 Å². The third-order valence-electron chi connectivity index (χ3n) is 4.52. The molecule has 0 aromatic heterocycles. The molecule has 2 aromatic rings. The number of carbonyl (C=O) groups is 4. The van der Waals surface area contributed by atoms with Crippen LogP contribution >= 0.6 is 0 Å². The van der Waals surface area contributed by atoms with Crippen LogP contribution in [0.1, 0.15) is 34.6 Å². The molecule has 0 bridgehead atoms. The van der Waals surface area contributed by atoms with Gasteiger partial charge in [-0.05, 0) is 36.2 Å². The zero-order valence-electron chi connectivity index (χ0n) is 16.6. The second kappa shape index (κ2) is 9.21. The van der Waals surface area contributed by atoms with Gasteiger partial charge in [0, 0.05) is 11.1 Å². The maximum Gasteiger partial charge on any atom is 0.329 e. The summed E-state index contributed by atoms with van der Waals surface area (Å²) in [6.07, 6.45) is 0. The molecule has 1 atom stereocenters. The van der Waals surface area contributed by atoms with E-state index >= 15 is 0 Å². The van der Waals surface area contributed by atoms with Gasteiger partial charge >= 0.3 is 5.97 Å². The molecule has 0 radical (unpaired) electrons. The summed E-state index contributed by atoms with van der Waals surface area (Å²) in [6.45, 7) is 2.97. The number of benzene rings is 2. The number of ether oxygens (including phenoxy) is 2. The Balaban J connectivity index is 1.61. The van der Waals surface area contributed by atoms with Crippen molar-refractivity contribution in [2.45, 2.75) is 19.9 Å². The van der Waals surface area contributed by atoms with Crippen molar-refractivity contribution in [1.82, 2.24) is 5.32 Å². The molecule has 8 nitrogen and oxygen atoms in total. The number of hydrogen-bond acceptors (Lipinski definition) is 6. The molecule has 2 amide bonds. The fraction of sp³-hybridized carbons (Fsp3) is 0.273. The van der Waals surface area contributed by atoms with Crippen molar-refractivity contribution in [3.05, 3.63) is 59.7 Å². The highest BCUT2D eigenvalue weighted by atomic mass is 16.5. The topological polar surface area (TPSA) is 111 Å². The Labute approximate surface area is 173 Å². The van der Waals surface area contributed by atoms with Crippen LogP contribution in [0.4, 0.5) is 5.69 Å². The zero-order valence-corrected chi connectivity index (χ0v) is 16.6. The van der Waals surface area contributed by atoms with Crippen molar-refractivity contribution >= 4 is 29.3 Å². The monoisotopic (exact) mass is 410 g/mol. The van der Waals surface area contributed by atoms with Crippen molar-refractivity contribution in [1.29, 1.82) is 0 Å². The molecule has 1 heterocycles. The highest BCUT2D eigenvalue weighted by molar-refractivity contribution is 6.02. The second-order valence-electron chi connectivity index (χ2n) is 7.14. The molecule has 0 saturated heterocycles. The number of fused-ring (bicyclic) bond motifs is 1. The molecule has 3 rings (SSSR count). The number of carbonyl (C=O) groups excluding carboxylic acids is 4. The summed E-state index contributed by atoms with van der Waals surface area (Å²) in [4.78, 5) is 48.7. The van der Waals surface area contributed by atoms with Gasteiger partial charge < -0.3 is 20.1 Å². The van der Waals surface area contributed by atoms with E-state index in [1.165, 1.54) is 12.1 Å². The number of nitrogens with one attached hydrogen (secondary N) is 2. The van der Waals surface area contributed by atoms with E-state index in [1.54, 1.807) is 50.2 Å². The van der Waals surface area contributed by atoms with Gasteiger partial charge in [-0.2, -0.15) is 0 Å². The Bertz CT molecular complexity index is 971. The largest absolute Gasteiger partial charge is 0.482 e. The maximum absolute atomic E-state index is 12.5. The van der Waals surface area contributed by atoms with Crippen LogP contribution in [0, 0.1) is 5.92 Å². The average Bonchev–Trinajstić information content (AvgIpc) is 2.75. The van der Waals surface area contributed by atoms with Crippen LogP contribution in [0.3, 0.4) is 0 Å². The molecule has 0 unspecified atom stereocenters. The van der Waals surface area contributed by atoms with E-state index in [-0.39, 0.29) is 24.0 Å². The van der Waals surface area contributed by atoms with E-state index in [9.17, 15) is 19.2 Å². The van der Waals surface area contributed by atoms with E-state index < -0.39 is 30.3 Å². The van der Waals surface area contributed by atoms with Gasteiger partial charge in [0.2, 0.25) is 0 Å². The van der Waals surface area contributed by atoms with Crippen LogP contribution < -0.4 is 15.4 Å². The summed E-state index contributed by atoms with van der Waals surface area (Å²) in [6, 6.07) is 12.2. The van der Waals surface area contributed by atoms with Gasteiger partial charge in [0.1, 0.15) is 11.8 Å². The Hall–Kier alpha value is -3.68. The summed E-state index contributed by atoms with van der Waals surface area (Å²) in [5.74, 6) is -1.63. The molecule has 1 aliphatic rings. The summed E-state index contributed by atoms with van der Waals surface area (Å²) in [7, 11) is 0. The lowest BCUT2D eigenvalue weighted by atomic mass is 10.0. The molecule has 8 heteroatoms. The number of hydrogen-bond donors (Lipinski definition) is 2. The van der Waals surface area contributed by atoms with E-state index in [2.05, 4.69) is 10.6 Å². The normalized spacial score (nSPS) is 13.5. The number of amides is 2. The number of ketones is 1. The number of anilines is 1. The van der Waals surface area contributed by atoms with Crippen molar-refractivity contribution in [2.24, 2.45) is 5.92 Å². The van der Waals surface area contributed by atoms with Crippen molar-refractivity contribution in [2.75, 3.05) is 18.5 Å². The van der Waals surface area contributed by atoms with Crippen LogP contribution in [-0.4, -0.2) is 42.8 Å². The van der Waals surface area contributed by atoms with Crippen molar-refractivity contribution in [3.63, 3.8) is 0 Å². The Kier molecular flexibility index (Phi) is 6.46. The van der Waals surface area contributed by atoms with Crippen molar-refractivity contribution in [3.8, 4) is 5.75 Å². The van der Waals surface area contributed by atoms with Gasteiger partial charge in [-0.25, -0.2) is 4.79 Å². The molecule has 0 fully saturated rings. The lowest BCUT2D eigenvalue weighted by Gasteiger charge is -2.21. The van der Waals surface area contributed by atoms with Gasteiger partial charge in [-0.15, -0.1) is 0 Å². The first-order chi connectivity index (χ1) is 14.3. The van der Waals surface area contributed by atoms with E-state index in [0.29, 0.717) is 17.0 Å². The SMILES string of the molecule is CC(C)[C@H](NC(=O)c1ccccc1)C(=O)OCC(=O)c1ccc2c(c1)NC(=O)CO2. The molecular weight excluding hydrogens is 388 g/mol. The molecule has 30 heavy (non-hydrogen) atoms. The lowest BCUT2D eigenvalue weighted by Crippen LogP contribution is -2.45. The molecule has 1 aliphatic heterocycles. The van der Waals surface area contributed by atoms with Gasteiger partial charge in [-0.1, -0.05) is 32.0 Å². The van der Waals surface area contributed by atoms with Crippen LogP contribution in [0.15, 0.2) is 48.5 Å². The molecule has 0 saturated carbocycles. The van der Waals surface area contributed by atoms with Gasteiger partial charge in [0.25, 0.3) is 11.8 Å². The fourth-order valence-corrected chi connectivity index (χ4v) is 2.88. The molecule has 2 aromatic carbocycles. The van der Waals surface area contributed by atoms with E-state index in [4.69, 9.17) is 9.47 Å². The molecule has 156 valence electrons. The third-order valence-corrected chi connectivity index (χ3v) is 4.52. The first-order valence-electron chi connectivity index (χ1n) is 9.47. The van der Waals surface area contributed by atoms with Crippen LogP contribution in [0.25, 0.3) is 0 Å². The predicted molar refractivity (Wildman–Crippen MR) is 108 cm³/mol. The van der Waals surface area contributed by atoms with Crippen LogP contribution in [0.2, 0.25) is 0 Å². The quantitative estimate of drug-likeness (QED) is 0.535.